The third-order valence-electron chi connectivity index (χ3n) is 3.72. The molecular weight excluding hydrogens is 344 g/mol. The van der Waals surface area contributed by atoms with Crippen LogP contribution in [0, 0.1) is 0 Å². The van der Waals surface area contributed by atoms with Crippen LogP contribution in [0.5, 0.6) is 0 Å². The number of hydrogen-bond acceptors (Lipinski definition) is 7. The molecule has 0 radical (unpaired) electrons. The van der Waals surface area contributed by atoms with Crippen molar-refractivity contribution in [2.75, 3.05) is 5.75 Å². The van der Waals surface area contributed by atoms with E-state index in [9.17, 15) is 15.0 Å². The molecule has 132 valence electrons. The monoisotopic (exact) mass is 362 g/mol. The lowest BCUT2D eigenvalue weighted by atomic mass is 10.2. The Kier molecular flexibility index (Phi) is 5.05. The Labute approximate surface area is 148 Å². The molecule has 25 heavy (non-hydrogen) atoms. The van der Waals surface area contributed by atoms with E-state index >= 15 is 0 Å². The highest BCUT2D eigenvalue weighted by Crippen LogP contribution is 2.36. The number of carboxylic acid groups (broad SMARTS) is 1. The second-order valence-corrected chi connectivity index (χ2v) is 6.99. The number of aliphatic imine (C=N–C) groups is 1. The number of hydrogen-bond donors (Lipinski definition) is 2. The fraction of sp³-hybridized carbons (Fsp3) is 0.375. The van der Waals surface area contributed by atoms with E-state index in [2.05, 4.69) is 15.6 Å². The average molecular weight is 362 g/mol. The minimum absolute atomic E-state index is 0.0270. The third kappa shape index (κ3) is 3.67. The van der Waals surface area contributed by atoms with Gasteiger partial charge < -0.3 is 10.2 Å². The lowest BCUT2D eigenvalue weighted by Crippen LogP contribution is -2.44. The fourth-order valence-electron chi connectivity index (χ4n) is 2.46. The van der Waals surface area contributed by atoms with Crippen LogP contribution < -0.4 is 15.1 Å². The van der Waals surface area contributed by atoms with Crippen LogP contribution in [0.15, 0.2) is 39.8 Å². The van der Waals surface area contributed by atoms with E-state index in [1.54, 1.807) is 28.9 Å². The van der Waals surface area contributed by atoms with Crippen LogP contribution in [0.4, 0.5) is 5.88 Å². The number of rotatable bonds is 5. The Morgan fingerprint density at radius 1 is 1.48 bits per heavy atom. The van der Waals surface area contributed by atoms with Gasteiger partial charge in [0.2, 0.25) is 5.27 Å². The van der Waals surface area contributed by atoms with Gasteiger partial charge in [-0.25, -0.2) is 4.99 Å². The molecule has 2 aromatic rings. The number of aliphatic carboxylic acids is 1. The second-order valence-electron chi connectivity index (χ2n) is 5.86. The number of nitrogens with zero attached hydrogens (tertiary/aromatic N) is 3. The molecule has 0 spiro atoms. The Balaban J connectivity index is 1.97. The first-order chi connectivity index (χ1) is 12.0. The first-order valence-electron chi connectivity index (χ1n) is 7.80. The van der Waals surface area contributed by atoms with Crippen LogP contribution in [-0.4, -0.2) is 34.0 Å². The SMILES string of the molecule is CC(C)[n+]1noc(/N=C(\[O-])c2ccccc2)c1C1NC(C(=O)O)CS1. The minimum atomic E-state index is -0.915. The number of carboxylic acids is 1. The maximum absolute atomic E-state index is 12.3. The molecule has 1 aromatic heterocycles. The Morgan fingerprint density at radius 3 is 2.80 bits per heavy atom. The van der Waals surface area contributed by atoms with Crippen LogP contribution in [0.1, 0.15) is 36.5 Å². The Bertz CT molecular complexity index is 791. The van der Waals surface area contributed by atoms with Crippen LogP contribution >= 0.6 is 11.8 Å². The molecule has 3 rings (SSSR count). The zero-order valence-electron chi connectivity index (χ0n) is 13.7. The number of aromatic nitrogens is 2. The summed E-state index contributed by atoms with van der Waals surface area (Å²) in [6.45, 7) is 3.84. The summed E-state index contributed by atoms with van der Waals surface area (Å²) >= 11 is 1.42. The van der Waals surface area contributed by atoms with E-state index in [-0.39, 0.29) is 17.3 Å². The summed E-state index contributed by atoms with van der Waals surface area (Å²) in [6.07, 6.45) is 0. The molecule has 0 bridgehead atoms. The van der Waals surface area contributed by atoms with Gasteiger partial charge in [0.1, 0.15) is 11.4 Å². The maximum atomic E-state index is 12.3. The number of nitrogens with one attached hydrogen (secondary N) is 1. The Morgan fingerprint density at radius 2 is 2.20 bits per heavy atom. The largest absolute Gasteiger partial charge is 0.858 e. The number of carbonyl (C=O) groups is 1. The van der Waals surface area contributed by atoms with Gasteiger partial charge >= 0.3 is 17.5 Å². The van der Waals surface area contributed by atoms with Crippen molar-refractivity contribution >= 4 is 29.5 Å². The van der Waals surface area contributed by atoms with Gasteiger partial charge in [0.15, 0.2) is 6.04 Å². The first kappa shape index (κ1) is 17.4. The van der Waals surface area contributed by atoms with Gasteiger partial charge in [-0.2, -0.15) is 0 Å². The van der Waals surface area contributed by atoms with E-state index < -0.39 is 17.9 Å². The Hall–Kier alpha value is -2.39. The van der Waals surface area contributed by atoms with Crippen molar-refractivity contribution in [1.29, 1.82) is 0 Å². The topological polar surface area (TPSA) is 115 Å². The highest BCUT2D eigenvalue weighted by atomic mass is 32.2. The van der Waals surface area contributed by atoms with Gasteiger partial charge in [-0.3, -0.25) is 14.6 Å². The highest BCUT2D eigenvalue weighted by molar-refractivity contribution is 7.99. The zero-order valence-corrected chi connectivity index (χ0v) is 14.6. The van der Waals surface area contributed by atoms with E-state index in [1.165, 1.54) is 11.8 Å². The molecule has 1 aromatic carbocycles. The lowest BCUT2D eigenvalue weighted by Gasteiger charge is -2.10. The number of benzene rings is 1. The van der Waals surface area contributed by atoms with Crippen molar-refractivity contribution in [3.8, 4) is 0 Å². The summed E-state index contributed by atoms with van der Waals surface area (Å²) in [5.74, 6) is -0.846. The van der Waals surface area contributed by atoms with E-state index in [0.717, 1.165) is 0 Å². The molecule has 0 saturated carbocycles. The minimum Gasteiger partial charge on any atom is -0.858 e. The highest BCUT2D eigenvalue weighted by Gasteiger charge is 2.41. The predicted molar refractivity (Wildman–Crippen MR) is 89.5 cm³/mol. The van der Waals surface area contributed by atoms with E-state index in [1.807, 2.05) is 19.9 Å². The van der Waals surface area contributed by atoms with Gasteiger partial charge in [0.05, 0.1) is 0 Å². The van der Waals surface area contributed by atoms with Crippen LogP contribution in [0.3, 0.4) is 0 Å². The molecule has 0 aliphatic carbocycles. The van der Waals surface area contributed by atoms with Crippen molar-refractivity contribution in [2.45, 2.75) is 31.3 Å². The van der Waals surface area contributed by atoms with Crippen LogP contribution in [-0.2, 0) is 4.79 Å². The standard InChI is InChI=1S/C16H18N4O4S/c1-9(2)20-12(15-17-11(8-25-15)16(22)23)14(24-19-20)18-13(21)10-6-4-3-5-7-10/h3-7,9,11,15,17H,8H2,1-2H3,(H-,18,19,21,22,23). The van der Waals surface area contributed by atoms with Crippen LogP contribution in [0.2, 0.25) is 0 Å². The summed E-state index contributed by atoms with van der Waals surface area (Å²) in [7, 11) is 0. The van der Waals surface area contributed by atoms with Crippen molar-refractivity contribution in [2.24, 2.45) is 4.99 Å². The average Bonchev–Trinajstić information content (AvgIpc) is 3.22. The summed E-state index contributed by atoms with van der Waals surface area (Å²) in [5.41, 5.74) is 1.00. The molecule has 2 unspecified atom stereocenters. The van der Waals surface area contributed by atoms with Crippen molar-refractivity contribution in [1.82, 2.24) is 10.6 Å². The molecule has 2 atom stereocenters. The molecular formula is C16H18N4O4S. The normalized spacial score (nSPS) is 21.0. The number of thioether (sulfide) groups is 1. The third-order valence-corrected chi connectivity index (χ3v) is 4.94. The van der Waals surface area contributed by atoms with Crippen molar-refractivity contribution < 1.29 is 24.2 Å². The molecule has 1 aliphatic rings. The summed E-state index contributed by atoms with van der Waals surface area (Å²) < 4.78 is 6.90. The van der Waals surface area contributed by atoms with Gasteiger partial charge in [0, 0.05) is 19.6 Å². The summed E-state index contributed by atoms with van der Waals surface area (Å²) in [5, 5.41) is 28.1. The first-order valence-corrected chi connectivity index (χ1v) is 8.85. The van der Waals surface area contributed by atoms with Crippen molar-refractivity contribution in [3.05, 3.63) is 41.6 Å². The lowest BCUT2D eigenvalue weighted by molar-refractivity contribution is -0.785. The smallest absolute Gasteiger partial charge is 0.326 e. The fourth-order valence-corrected chi connectivity index (χ4v) is 3.71. The molecule has 1 saturated heterocycles. The zero-order chi connectivity index (χ0) is 18.0. The summed E-state index contributed by atoms with van der Waals surface area (Å²) in [4.78, 5) is 15.2. The predicted octanol–water partition coefficient (Wildman–Crippen LogP) is 0.770. The quantitative estimate of drug-likeness (QED) is 0.459. The second kappa shape index (κ2) is 7.24. The molecule has 8 nitrogen and oxygen atoms in total. The molecule has 9 heteroatoms. The van der Waals surface area contributed by atoms with Gasteiger partial charge in [-0.15, -0.1) is 11.8 Å². The summed E-state index contributed by atoms with van der Waals surface area (Å²) in [6, 6.07) is 7.97. The molecule has 1 fully saturated rings. The van der Waals surface area contributed by atoms with E-state index in [0.29, 0.717) is 17.0 Å². The molecule has 2 heterocycles. The maximum Gasteiger partial charge on any atom is 0.326 e. The van der Waals surface area contributed by atoms with Crippen LogP contribution in [0.25, 0.3) is 0 Å². The van der Waals surface area contributed by atoms with Gasteiger partial charge in [-0.1, -0.05) is 30.3 Å². The van der Waals surface area contributed by atoms with Gasteiger partial charge in [0.25, 0.3) is 0 Å². The molecule has 1 aliphatic heterocycles. The molecule has 0 amide bonds. The van der Waals surface area contributed by atoms with Crippen molar-refractivity contribution in [3.63, 3.8) is 0 Å². The van der Waals surface area contributed by atoms with E-state index in [4.69, 9.17) is 4.52 Å². The van der Waals surface area contributed by atoms with Gasteiger partial charge in [-0.05, 0) is 16.1 Å². The molecule has 2 N–H and O–H groups in total.